The van der Waals surface area contributed by atoms with Gasteiger partial charge in [0.2, 0.25) is 0 Å². The number of anilines is 1. The second-order valence-corrected chi connectivity index (χ2v) is 17.4. The Bertz CT molecular complexity index is 1840. The van der Waals surface area contributed by atoms with Crippen LogP contribution in [-0.4, -0.2) is 105 Å². The molecule has 0 bridgehead atoms. The molecule has 1 unspecified atom stereocenters. The van der Waals surface area contributed by atoms with Gasteiger partial charge < -0.3 is 40.2 Å². The van der Waals surface area contributed by atoms with Crippen LogP contribution in [0.1, 0.15) is 131 Å². The number of aromatic nitrogens is 3. The summed E-state index contributed by atoms with van der Waals surface area (Å²) in [4.78, 5) is 30.1. The molecule has 1 aromatic carbocycles. The van der Waals surface area contributed by atoms with Gasteiger partial charge in [0.1, 0.15) is 36.0 Å². The van der Waals surface area contributed by atoms with Crippen molar-refractivity contribution in [1.29, 1.82) is 0 Å². The Morgan fingerprint density at radius 1 is 0.951 bits per heavy atom. The molecule has 1 saturated heterocycles. The summed E-state index contributed by atoms with van der Waals surface area (Å²) >= 11 is 0. The summed E-state index contributed by atoms with van der Waals surface area (Å²) in [5, 5.41) is 35.7. The first-order valence-corrected chi connectivity index (χ1v) is 23.3. The van der Waals surface area contributed by atoms with E-state index < -0.39 is 56.0 Å². The van der Waals surface area contributed by atoms with E-state index in [0.717, 1.165) is 25.3 Å². The average molecular weight is 880 g/mol. The van der Waals surface area contributed by atoms with E-state index in [1.807, 2.05) is 0 Å². The van der Waals surface area contributed by atoms with Crippen LogP contribution in [0.25, 0.3) is 5.52 Å². The van der Waals surface area contributed by atoms with Crippen molar-refractivity contribution in [3.8, 4) is 0 Å². The number of hydrogen-bond acceptors (Lipinski definition) is 13. The Morgan fingerprint density at radius 3 is 2.20 bits per heavy atom. The van der Waals surface area contributed by atoms with Gasteiger partial charge in [-0.15, -0.1) is 0 Å². The number of halogens is 1. The minimum Gasteiger partial charge on any atom is -0.478 e. The lowest BCUT2D eigenvalue weighted by atomic mass is 9.92. The van der Waals surface area contributed by atoms with E-state index in [2.05, 4.69) is 22.0 Å². The maximum absolute atomic E-state index is 14.1. The number of carboxylic acids is 1. The van der Waals surface area contributed by atoms with Crippen molar-refractivity contribution >= 4 is 31.3 Å². The number of nitrogen functional groups attached to an aromatic ring is 1. The normalized spacial score (nSPS) is 20.8. The predicted molar refractivity (Wildman–Crippen MR) is 229 cm³/mol. The molecule has 3 aromatic rings. The molecule has 0 spiro atoms. The highest BCUT2D eigenvalue weighted by Gasteiger charge is 2.56. The van der Waals surface area contributed by atoms with Crippen LogP contribution in [0.4, 0.5) is 10.2 Å². The standard InChI is InChI=1S/C43H67FN5O11P/c1-3-4-5-6-7-8-9-10-11-12-13-14-15-16-17-18-21-56-26-33(27-57-25-32-22-34(42(52)53)24-35(44)23-32)28-58-61(54,55)59-29-37-39(50)40(51)43(60-37,30-46-2)38-20-19-36-41(45)47-31-48-49(36)38/h19-20,22-24,30-31,33,37,39-40,50-51H,3-18,21,25-29H2,1-2H3,(H,52,53)(H,54,55)(H2,45,47,48)/t33-,37+,39+,40+,43-/m0/s1. The fraction of sp³-hybridized carbons (Fsp3) is 0.674. The van der Waals surface area contributed by atoms with Gasteiger partial charge in [0.25, 0.3) is 0 Å². The number of aliphatic imine (C=N–C) groups is 1. The molecule has 1 fully saturated rings. The zero-order chi connectivity index (χ0) is 44.1. The first kappa shape index (κ1) is 50.3. The second-order valence-electron chi connectivity index (χ2n) is 15.9. The number of carbonyl (C=O) groups is 1. The summed E-state index contributed by atoms with van der Waals surface area (Å²) in [6.45, 7) is 1.68. The average Bonchev–Trinajstić information content (AvgIpc) is 3.78. The van der Waals surface area contributed by atoms with Crippen molar-refractivity contribution in [3.63, 3.8) is 0 Å². The van der Waals surface area contributed by atoms with E-state index >= 15 is 0 Å². The zero-order valence-corrected chi connectivity index (χ0v) is 36.6. The molecule has 1 aliphatic rings. The number of ether oxygens (including phenoxy) is 3. The van der Waals surface area contributed by atoms with E-state index in [-0.39, 0.29) is 43.5 Å². The number of aromatic carboxylic acids is 1. The van der Waals surface area contributed by atoms with Gasteiger partial charge in [0.05, 0.1) is 44.3 Å². The van der Waals surface area contributed by atoms with Crippen molar-refractivity contribution in [1.82, 2.24) is 14.6 Å². The lowest BCUT2D eigenvalue weighted by Gasteiger charge is -2.27. The SMILES string of the molecule is CCCCCCCCCCCCCCCCCCOC[C@@H](COCc1cc(F)cc(C(=O)O)c1)COP(=O)(O)OC[C@H]1O[C@@](C=NC)(c2ccc3c(N)ncnn23)[C@H](O)[C@@H]1O. The van der Waals surface area contributed by atoms with Crippen LogP contribution in [0.5, 0.6) is 0 Å². The third-order valence-electron chi connectivity index (χ3n) is 10.9. The summed E-state index contributed by atoms with van der Waals surface area (Å²) in [5.41, 5.74) is 5.04. The Hall–Kier alpha value is -3.38. The summed E-state index contributed by atoms with van der Waals surface area (Å²) < 4.78 is 57.0. The molecule has 6 atom stereocenters. The molecule has 0 saturated carbocycles. The van der Waals surface area contributed by atoms with E-state index in [1.54, 1.807) is 12.1 Å². The minimum absolute atomic E-state index is 0.0350. The van der Waals surface area contributed by atoms with Crippen LogP contribution in [-0.2, 0) is 40.0 Å². The van der Waals surface area contributed by atoms with Gasteiger partial charge >= 0.3 is 13.8 Å². The number of unbranched alkanes of at least 4 members (excludes halogenated alkanes) is 15. The highest BCUT2D eigenvalue weighted by molar-refractivity contribution is 7.47. The molecule has 342 valence electrons. The van der Waals surface area contributed by atoms with E-state index in [0.29, 0.717) is 17.7 Å². The number of benzene rings is 1. The van der Waals surface area contributed by atoms with Crippen LogP contribution >= 0.6 is 7.82 Å². The first-order valence-electron chi connectivity index (χ1n) is 21.8. The van der Waals surface area contributed by atoms with Gasteiger partial charge in [-0.1, -0.05) is 103 Å². The third kappa shape index (κ3) is 16.0. The van der Waals surface area contributed by atoms with Crippen molar-refractivity contribution in [3.05, 3.63) is 59.3 Å². The molecule has 0 amide bonds. The third-order valence-corrected chi connectivity index (χ3v) is 11.8. The topological polar surface area (TPSA) is 230 Å². The number of fused-ring (bicyclic) bond motifs is 1. The molecule has 16 nitrogen and oxygen atoms in total. The number of phosphoric ester groups is 1. The fourth-order valence-corrected chi connectivity index (χ4v) is 8.37. The largest absolute Gasteiger partial charge is 0.478 e. The van der Waals surface area contributed by atoms with E-state index in [1.165, 1.54) is 120 Å². The van der Waals surface area contributed by atoms with Crippen LogP contribution in [0, 0.1) is 11.7 Å². The lowest BCUT2D eigenvalue weighted by Crippen LogP contribution is -2.43. The Kier molecular flexibility index (Phi) is 21.7. The molecule has 0 aliphatic carbocycles. The molecule has 2 aromatic heterocycles. The monoisotopic (exact) mass is 879 g/mol. The lowest BCUT2D eigenvalue weighted by molar-refractivity contribution is -0.0550. The minimum atomic E-state index is -4.78. The molecule has 0 radical (unpaired) electrons. The maximum atomic E-state index is 14.1. The van der Waals surface area contributed by atoms with Crippen molar-refractivity contribution in [2.75, 3.05) is 45.8 Å². The van der Waals surface area contributed by atoms with Gasteiger partial charge in [-0.3, -0.25) is 14.0 Å². The van der Waals surface area contributed by atoms with E-state index in [9.17, 15) is 34.0 Å². The quantitative estimate of drug-likeness (QED) is 0.0234. The number of hydrogen-bond donors (Lipinski definition) is 5. The van der Waals surface area contributed by atoms with Crippen molar-refractivity contribution in [2.45, 2.75) is 140 Å². The summed E-state index contributed by atoms with van der Waals surface area (Å²) in [6.07, 6.45) is 18.1. The van der Waals surface area contributed by atoms with Crippen LogP contribution in [0.3, 0.4) is 0 Å². The summed E-state index contributed by atoms with van der Waals surface area (Å²) in [7, 11) is -3.32. The van der Waals surface area contributed by atoms with E-state index in [4.69, 9.17) is 29.0 Å². The molecule has 4 rings (SSSR count). The van der Waals surface area contributed by atoms with Gasteiger partial charge in [-0.25, -0.2) is 23.2 Å². The number of phosphoric acid groups is 1. The fourth-order valence-electron chi connectivity index (χ4n) is 7.56. The Balaban J connectivity index is 1.23. The van der Waals surface area contributed by atoms with Gasteiger partial charge in [-0.05, 0) is 42.3 Å². The molecule has 3 heterocycles. The number of nitrogens with zero attached hydrogens (tertiary/aromatic N) is 4. The van der Waals surface area contributed by atoms with Gasteiger partial charge in [0.15, 0.2) is 11.4 Å². The van der Waals surface area contributed by atoms with Crippen LogP contribution < -0.4 is 5.73 Å². The predicted octanol–water partition coefficient (Wildman–Crippen LogP) is 7.41. The zero-order valence-electron chi connectivity index (χ0n) is 35.7. The van der Waals surface area contributed by atoms with Crippen LogP contribution in [0.15, 0.2) is 41.7 Å². The maximum Gasteiger partial charge on any atom is 0.472 e. The van der Waals surface area contributed by atoms with Gasteiger partial charge in [-0.2, -0.15) is 5.10 Å². The number of nitrogens with two attached hydrogens (primary N) is 1. The highest BCUT2D eigenvalue weighted by Crippen LogP contribution is 2.46. The number of rotatable bonds is 32. The molecule has 18 heteroatoms. The molecular weight excluding hydrogens is 812 g/mol. The number of aliphatic hydroxyl groups is 2. The van der Waals surface area contributed by atoms with Crippen molar-refractivity contribution in [2.24, 2.45) is 10.9 Å². The number of carboxylic acid groups (broad SMARTS) is 1. The van der Waals surface area contributed by atoms with Crippen LogP contribution in [0.2, 0.25) is 0 Å². The smallest absolute Gasteiger partial charge is 0.472 e. The summed E-state index contributed by atoms with van der Waals surface area (Å²) in [6, 6.07) is 6.59. The molecule has 61 heavy (non-hydrogen) atoms. The molecule has 1 aliphatic heterocycles. The Morgan fingerprint density at radius 2 is 1.57 bits per heavy atom. The molecular formula is C43H67FN5O11P. The highest BCUT2D eigenvalue weighted by atomic mass is 31.2. The number of aliphatic hydroxyl groups excluding tert-OH is 2. The van der Waals surface area contributed by atoms with Gasteiger partial charge in [0, 0.05) is 25.8 Å². The second kappa shape index (κ2) is 26.3. The first-order chi connectivity index (χ1) is 29.4. The van der Waals surface area contributed by atoms with Crippen molar-refractivity contribution < 1.29 is 57.2 Å². The molecule has 6 N–H and O–H groups in total. The Labute approximate surface area is 358 Å². The summed E-state index contributed by atoms with van der Waals surface area (Å²) in [5.74, 6) is -2.40.